The van der Waals surface area contributed by atoms with Crippen LogP contribution in [0.3, 0.4) is 0 Å². The van der Waals surface area contributed by atoms with Gasteiger partial charge < -0.3 is 10.6 Å². The highest BCUT2D eigenvalue weighted by Gasteiger charge is 2.03. The van der Waals surface area contributed by atoms with Crippen molar-refractivity contribution in [2.75, 3.05) is 6.54 Å². The molecule has 0 fully saturated rings. The van der Waals surface area contributed by atoms with Crippen LogP contribution in [0.2, 0.25) is 0 Å². The quantitative estimate of drug-likeness (QED) is 0.422. The van der Waals surface area contributed by atoms with Crippen LogP contribution in [0, 0.1) is 19.7 Å². The third-order valence-electron chi connectivity index (χ3n) is 3.53. The molecule has 1 heterocycles. The van der Waals surface area contributed by atoms with E-state index in [-0.39, 0.29) is 29.8 Å². The second kappa shape index (κ2) is 10.2. The molecule has 6 heteroatoms. The van der Waals surface area contributed by atoms with Crippen molar-refractivity contribution in [3.05, 3.63) is 64.7 Å². The maximum Gasteiger partial charge on any atom is 0.191 e. The number of aliphatic imine (C=N–C) groups is 1. The summed E-state index contributed by atoms with van der Waals surface area (Å²) < 4.78 is 13.3. The number of nitrogens with one attached hydrogen (secondary N) is 2. The summed E-state index contributed by atoms with van der Waals surface area (Å²) in [6.45, 7) is 7.70. The van der Waals surface area contributed by atoms with Crippen molar-refractivity contribution in [1.82, 2.24) is 15.6 Å². The lowest BCUT2D eigenvalue weighted by molar-refractivity contribution is 0.617. The standard InChI is InChI=1S/C18H23FN4.HI/c1-4-20-18(23-12-17-13(2)6-5-9-21-17)22-11-15-7-8-16(19)14(3)10-15;/h5-10H,4,11-12H2,1-3H3,(H2,20,22,23);1H. The molecular formula is C18H24FIN4. The summed E-state index contributed by atoms with van der Waals surface area (Å²) in [5.41, 5.74) is 3.76. The number of nitrogens with zero attached hydrogens (tertiary/aromatic N) is 2. The number of aryl methyl sites for hydroxylation is 2. The van der Waals surface area contributed by atoms with Gasteiger partial charge in [-0.15, -0.1) is 24.0 Å². The van der Waals surface area contributed by atoms with Crippen LogP contribution in [0.1, 0.15) is 29.3 Å². The Labute approximate surface area is 160 Å². The van der Waals surface area contributed by atoms with E-state index in [4.69, 9.17) is 0 Å². The summed E-state index contributed by atoms with van der Waals surface area (Å²) >= 11 is 0. The van der Waals surface area contributed by atoms with E-state index in [9.17, 15) is 4.39 Å². The van der Waals surface area contributed by atoms with E-state index in [1.54, 1.807) is 19.2 Å². The summed E-state index contributed by atoms with van der Waals surface area (Å²) in [5.74, 6) is 0.535. The van der Waals surface area contributed by atoms with E-state index in [2.05, 4.69) is 20.6 Å². The molecule has 4 nitrogen and oxygen atoms in total. The highest BCUT2D eigenvalue weighted by Crippen LogP contribution is 2.10. The van der Waals surface area contributed by atoms with Crippen molar-refractivity contribution >= 4 is 29.9 Å². The molecule has 0 amide bonds. The Balaban J connectivity index is 0.00000288. The lowest BCUT2D eigenvalue weighted by Crippen LogP contribution is -2.37. The second-order valence-electron chi connectivity index (χ2n) is 5.40. The smallest absolute Gasteiger partial charge is 0.191 e. The molecule has 130 valence electrons. The van der Waals surface area contributed by atoms with E-state index in [1.165, 1.54) is 6.07 Å². The van der Waals surface area contributed by atoms with Crippen LogP contribution in [0.5, 0.6) is 0 Å². The van der Waals surface area contributed by atoms with Gasteiger partial charge in [-0.2, -0.15) is 0 Å². The van der Waals surface area contributed by atoms with E-state index in [0.29, 0.717) is 18.7 Å². The lowest BCUT2D eigenvalue weighted by atomic mass is 10.1. The SMILES string of the molecule is CCNC(=NCc1ccc(F)c(C)c1)NCc1ncccc1C.I. The van der Waals surface area contributed by atoms with Gasteiger partial charge in [0.25, 0.3) is 0 Å². The molecule has 0 aliphatic rings. The first-order valence-corrected chi connectivity index (χ1v) is 7.78. The van der Waals surface area contributed by atoms with Crippen LogP contribution >= 0.6 is 24.0 Å². The molecule has 0 atom stereocenters. The molecule has 1 aromatic heterocycles. The Morgan fingerprint density at radius 2 is 1.96 bits per heavy atom. The molecule has 0 aliphatic carbocycles. The molecule has 0 unspecified atom stereocenters. The van der Waals surface area contributed by atoms with Crippen LogP contribution in [0.15, 0.2) is 41.5 Å². The first-order chi connectivity index (χ1) is 11.1. The van der Waals surface area contributed by atoms with Gasteiger partial charge in [0, 0.05) is 12.7 Å². The molecule has 0 saturated heterocycles. The monoisotopic (exact) mass is 442 g/mol. The van der Waals surface area contributed by atoms with Gasteiger partial charge in [-0.25, -0.2) is 9.38 Å². The fraction of sp³-hybridized carbons (Fsp3) is 0.333. The van der Waals surface area contributed by atoms with Crippen LogP contribution in [0.4, 0.5) is 4.39 Å². The zero-order valence-corrected chi connectivity index (χ0v) is 16.6. The van der Waals surface area contributed by atoms with Gasteiger partial charge in [-0.05, 0) is 49.6 Å². The molecule has 0 aliphatic heterocycles. The Morgan fingerprint density at radius 1 is 1.17 bits per heavy atom. The summed E-state index contributed by atoms with van der Waals surface area (Å²) in [5, 5.41) is 6.48. The highest BCUT2D eigenvalue weighted by atomic mass is 127. The van der Waals surface area contributed by atoms with Gasteiger partial charge in [0.05, 0.1) is 18.8 Å². The van der Waals surface area contributed by atoms with Crippen molar-refractivity contribution in [3.63, 3.8) is 0 Å². The van der Waals surface area contributed by atoms with Gasteiger partial charge in [-0.1, -0.05) is 18.2 Å². The van der Waals surface area contributed by atoms with Gasteiger partial charge in [0.2, 0.25) is 0 Å². The first kappa shape index (κ1) is 20.3. The Kier molecular flexibility index (Phi) is 8.67. The zero-order chi connectivity index (χ0) is 16.7. The molecule has 0 radical (unpaired) electrons. The van der Waals surface area contributed by atoms with Gasteiger partial charge >= 0.3 is 0 Å². The predicted octanol–water partition coefficient (Wildman–Crippen LogP) is 3.71. The second-order valence-corrected chi connectivity index (χ2v) is 5.40. The van der Waals surface area contributed by atoms with Gasteiger partial charge in [0.1, 0.15) is 5.82 Å². The van der Waals surface area contributed by atoms with Crippen molar-refractivity contribution in [1.29, 1.82) is 0 Å². The minimum Gasteiger partial charge on any atom is -0.357 e. The zero-order valence-electron chi connectivity index (χ0n) is 14.3. The predicted molar refractivity (Wildman–Crippen MR) is 107 cm³/mol. The lowest BCUT2D eigenvalue weighted by Gasteiger charge is -2.12. The van der Waals surface area contributed by atoms with Crippen molar-refractivity contribution in [2.24, 2.45) is 4.99 Å². The Hall–Kier alpha value is -1.70. The minimum atomic E-state index is -0.187. The average Bonchev–Trinajstić information content (AvgIpc) is 2.54. The Morgan fingerprint density at radius 3 is 2.62 bits per heavy atom. The molecule has 2 rings (SSSR count). The maximum absolute atomic E-state index is 13.3. The fourth-order valence-electron chi connectivity index (χ4n) is 2.19. The van der Waals surface area contributed by atoms with Crippen LogP contribution in [0.25, 0.3) is 0 Å². The van der Waals surface area contributed by atoms with E-state index in [1.807, 2.05) is 32.0 Å². The highest BCUT2D eigenvalue weighted by molar-refractivity contribution is 14.0. The molecule has 0 saturated carbocycles. The molecule has 2 aromatic rings. The van der Waals surface area contributed by atoms with Gasteiger partial charge in [0.15, 0.2) is 5.96 Å². The summed E-state index contributed by atoms with van der Waals surface area (Å²) in [6, 6.07) is 9.03. The molecule has 2 N–H and O–H groups in total. The molecule has 1 aromatic carbocycles. The van der Waals surface area contributed by atoms with Crippen LogP contribution in [-0.4, -0.2) is 17.5 Å². The normalized spacial score (nSPS) is 10.9. The van der Waals surface area contributed by atoms with Crippen molar-refractivity contribution in [3.8, 4) is 0 Å². The number of benzene rings is 1. The molecule has 0 spiro atoms. The number of pyridine rings is 1. The van der Waals surface area contributed by atoms with E-state index >= 15 is 0 Å². The third kappa shape index (κ3) is 6.07. The largest absolute Gasteiger partial charge is 0.357 e. The van der Waals surface area contributed by atoms with Crippen LogP contribution in [-0.2, 0) is 13.1 Å². The number of hydrogen-bond donors (Lipinski definition) is 2. The molecule has 0 bridgehead atoms. The minimum absolute atomic E-state index is 0. The van der Waals surface area contributed by atoms with Gasteiger partial charge in [-0.3, -0.25) is 4.98 Å². The maximum atomic E-state index is 13.3. The third-order valence-corrected chi connectivity index (χ3v) is 3.53. The van der Waals surface area contributed by atoms with Crippen molar-refractivity contribution in [2.45, 2.75) is 33.9 Å². The topological polar surface area (TPSA) is 49.3 Å². The summed E-state index contributed by atoms with van der Waals surface area (Å²) in [7, 11) is 0. The number of guanidine groups is 1. The molecular weight excluding hydrogens is 418 g/mol. The average molecular weight is 442 g/mol. The van der Waals surface area contributed by atoms with E-state index < -0.39 is 0 Å². The summed E-state index contributed by atoms with van der Waals surface area (Å²) in [6.07, 6.45) is 1.79. The van der Waals surface area contributed by atoms with Crippen LogP contribution < -0.4 is 10.6 Å². The Bertz CT molecular complexity index is 688. The fourth-order valence-corrected chi connectivity index (χ4v) is 2.19. The number of hydrogen-bond acceptors (Lipinski definition) is 2. The van der Waals surface area contributed by atoms with Crippen molar-refractivity contribution < 1.29 is 4.39 Å². The van der Waals surface area contributed by atoms with E-state index in [0.717, 1.165) is 29.3 Å². The first-order valence-electron chi connectivity index (χ1n) is 7.78. The number of aromatic nitrogens is 1. The number of halogens is 2. The number of rotatable bonds is 5. The summed E-state index contributed by atoms with van der Waals surface area (Å²) in [4.78, 5) is 8.91. The molecule has 24 heavy (non-hydrogen) atoms.